The Morgan fingerprint density at radius 1 is 1.27 bits per heavy atom. The van der Waals surface area contributed by atoms with E-state index in [1.807, 2.05) is 32.2 Å². The van der Waals surface area contributed by atoms with Crippen LogP contribution in [-0.2, 0) is 11.8 Å². The molecule has 1 atom stereocenters. The standard InChI is InChI=1S/C20H20FN3O2/c1-14-5-3-8-17(11-14)26-13-18(25)23-19(20-22-9-10-24(20)2)15-6-4-7-16(21)12-15/h3-12,19H,13H2,1-2H3,(H,23,25)/t19-/m1/s1. The average Bonchev–Trinajstić information content (AvgIpc) is 3.04. The minimum Gasteiger partial charge on any atom is -0.484 e. The largest absolute Gasteiger partial charge is 0.484 e. The maximum absolute atomic E-state index is 13.6. The highest BCUT2D eigenvalue weighted by molar-refractivity contribution is 5.78. The van der Waals surface area contributed by atoms with Crippen LogP contribution in [0.1, 0.15) is 23.0 Å². The third kappa shape index (κ3) is 4.27. The quantitative estimate of drug-likeness (QED) is 0.741. The third-order valence-electron chi connectivity index (χ3n) is 3.96. The van der Waals surface area contributed by atoms with Crippen LogP contribution in [0.5, 0.6) is 5.75 Å². The Morgan fingerprint density at radius 2 is 2.08 bits per heavy atom. The number of nitrogens with one attached hydrogen (secondary N) is 1. The summed E-state index contributed by atoms with van der Waals surface area (Å²) >= 11 is 0. The van der Waals surface area contributed by atoms with Crippen molar-refractivity contribution in [1.29, 1.82) is 0 Å². The molecule has 0 radical (unpaired) electrons. The summed E-state index contributed by atoms with van der Waals surface area (Å²) in [6, 6.07) is 13.0. The van der Waals surface area contributed by atoms with E-state index in [4.69, 9.17) is 4.74 Å². The molecule has 3 aromatic rings. The van der Waals surface area contributed by atoms with Gasteiger partial charge in [0.05, 0.1) is 0 Å². The molecule has 1 amide bonds. The lowest BCUT2D eigenvalue weighted by Crippen LogP contribution is -2.34. The van der Waals surface area contributed by atoms with Crippen LogP contribution in [0.2, 0.25) is 0 Å². The molecule has 0 spiro atoms. The van der Waals surface area contributed by atoms with Crippen molar-refractivity contribution >= 4 is 5.91 Å². The van der Waals surface area contributed by atoms with E-state index in [0.29, 0.717) is 17.1 Å². The molecule has 5 nitrogen and oxygen atoms in total. The molecule has 0 aliphatic rings. The summed E-state index contributed by atoms with van der Waals surface area (Å²) in [6.07, 6.45) is 3.41. The molecule has 3 rings (SSSR count). The Kier molecular flexibility index (Phi) is 5.31. The van der Waals surface area contributed by atoms with E-state index in [2.05, 4.69) is 10.3 Å². The van der Waals surface area contributed by atoms with Gasteiger partial charge >= 0.3 is 0 Å². The molecular formula is C20H20FN3O2. The maximum Gasteiger partial charge on any atom is 0.258 e. The smallest absolute Gasteiger partial charge is 0.258 e. The molecule has 0 aliphatic heterocycles. The zero-order valence-electron chi connectivity index (χ0n) is 14.6. The third-order valence-corrected chi connectivity index (χ3v) is 3.96. The van der Waals surface area contributed by atoms with Gasteiger partial charge in [0.15, 0.2) is 6.61 Å². The molecule has 0 unspecified atom stereocenters. The van der Waals surface area contributed by atoms with Crippen molar-refractivity contribution in [3.63, 3.8) is 0 Å². The van der Waals surface area contributed by atoms with Gasteiger partial charge in [0.1, 0.15) is 23.4 Å². The molecular weight excluding hydrogens is 333 g/mol. The lowest BCUT2D eigenvalue weighted by atomic mass is 10.1. The summed E-state index contributed by atoms with van der Waals surface area (Å²) in [5, 5.41) is 2.87. The molecule has 0 bridgehead atoms. The lowest BCUT2D eigenvalue weighted by Gasteiger charge is -2.19. The van der Waals surface area contributed by atoms with Gasteiger partial charge in [0.2, 0.25) is 0 Å². The van der Waals surface area contributed by atoms with Crippen molar-refractivity contribution < 1.29 is 13.9 Å². The first kappa shape index (κ1) is 17.7. The van der Waals surface area contributed by atoms with Crippen molar-refractivity contribution in [3.8, 4) is 5.75 Å². The van der Waals surface area contributed by atoms with Gasteiger partial charge in [-0.05, 0) is 42.3 Å². The summed E-state index contributed by atoms with van der Waals surface area (Å²) in [7, 11) is 1.82. The van der Waals surface area contributed by atoms with Crippen LogP contribution >= 0.6 is 0 Å². The number of hydrogen-bond acceptors (Lipinski definition) is 3. The van der Waals surface area contributed by atoms with E-state index < -0.39 is 6.04 Å². The van der Waals surface area contributed by atoms with Crippen LogP contribution < -0.4 is 10.1 Å². The van der Waals surface area contributed by atoms with Gasteiger partial charge in [-0.1, -0.05) is 24.3 Å². The van der Waals surface area contributed by atoms with Crippen LogP contribution in [0, 0.1) is 12.7 Å². The van der Waals surface area contributed by atoms with E-state index in [-0.39, 0.29) is 18.3 Å². The SMILES string of the molecule is Cc1cccc(OCC(=O)N[C@H](c2cccc(F)c2)c2nccn2C)c1. The van der Waals surface area contributed by atoms with Crippen LogP contribution in [0.15, 0.2) is 60.9 Å². The number of carbonyl (C=O) groups is 1. The van der Waals surface area contributed by atoms with Crippen molar-refractivity contribution in [2.24, 2.45) is 7.05 Å². The number of aryl methyl sites for hydroxylation is 2. The first-order chi connectivity index (χ1) is 12.5. The van der Waals surface area contributed by atoms with Crippen LogP contribution in [0.25, 0.3) is 0 Å². The topological polar surface area (TPSA) is 56.1 Å². The highest BCUT2D eigenvalue weighted by Crippen LogP contribution is 2.21. The molecule has 0 saturated heterocycles. The normalized spacial score (nSPS) is 11.8. The summed E-state index contributed by atoms with van der Waals surface area (Å²) in [5.74, 6) is 0.551. The van der Waals surface area contributed by atoms with Crippen LogP contribution in [-0.4, -0.2) is 22.1 Å². The molecule has 1 heterocycles. The lowest BCUT2D eigenvalue weighted by molar-refractivity contribution is -0.123. The highest BCUT2D eigenvalue weighted by Gasteiger charge is 2.21. The van der Waals surface area contributed by atoms with Crippen molar-refractivity contribution in [1.82, 2.24) is 14.9 Å². The molecule has 0 fully saturated rings. The van der Waals surface area contributed by atoms with Crippen molar-refractivity contribution in [3.05, 3.63) is 83.7 Å². The predicted octanol–water partition coefficient (Wildman–Crippen LogP) is 3.15. The van der Waals surface area contributed by atoms with E-state index in [0.717, 1.165) is 5.56 Å². The minimum atomic E-state index is -0.570. The van der Waals surface area contributed by atoms with E-state index in [9.17, 15) is 9.18 Å². The van der Waals surface area contributed by atoms with Crippen molar-refractivity contribution in [2.45, 2.75) is 13.0 Å². The molecule has 6 heteroatoms. The fourth-order valence-electron chi connectivity index (χ4n) is 2.70. The zero-order chi connectivity index (χ0) is 18.5. The first-order valence-electron chi connectivity index (χ1n) is 8.24. The Balaban J connectivity index is 1.75. The van der Waals surface area contributed by atoms with E-state index in [1.165, 1.54) is 12.1 Å². The molecule has 26 heavy (non-hydrogen) atoms. The summed E-state index contributed by atoms with van der Waals surface area (Å²) in [4.78, 5) is 16.7. The number of halogens is 1. The zero-order valence-corrected chi connectivity index (χ0v) is 14.6. The maximum atomic E-state index is 13.6. The van der Waals surface area contributed by atoms with Gasteiger partial charge in [0, 0.05) is 19.4 Å². The van der Waals surface area contributed by atoms with Gasteiger partial charge < -0.3 is 14.6 Å². The second kappa shape index (κ2) is 7.82. The number of nitrogens with zero attached hydrogens (tertiary/aromatic N) is 2. The van der Waals surface area contributed by atoms with E-state index >= 15 is 0 Å². The number of amides is 1. The average molecular weight is 353 g/mol. The van der Waals surface area contributed by atoms with E-state index in [1.54, 1.807) is 35.2 Å². The number of hydrogen-bond donors (Lipinski definition) is 1. The first-order valence-corrected chi connectivity index (χ1v) is 8.24. The van der Waals surface area contributed by atoms with Crippen LogP contribution in [0.4, 0.5) is 4.39 Å². The Labute approximate surface area is 151 Å². The fourth-order valence-corrected chi connectivity index (χ4v) is 2.70. The molecule has 1 N–H and O–H groups in total. The van der Waals surface area contributed by atoms with Crippen molar-refractivity contribution in [2.75, 3.05) is 6.61 Å². The predicted molar refractivity (Wildman–Crippen MR) is 96.3 cm³/mol. The Hall–Kier alpha value is -3.15. The Bertz CT molecular complexity index is 907. The number of aromatic nitrogens is 2. The second-order valence-electron chi connectivity index (χ2n) is 6.06. The highest BCUT2D eigenvalue weighted by atomic mass is 19.1. The minimum absolute atomic E-state index is 0.139. The summed E-state index contributed by atoms with van der Waals surface area (Å²) in [5.41, 5.74) is 1.66. The molecule has 0 saturated carbocycles. The number of carbonyl (C=O) groups excluding carboxylic acids is 1. The molecule has 134 valence electrons. The summed E-state index contributed by atoms with van der Waals surface area (Å²) < 4.78 is 21.0. The number of rotatable bonds is 6. The van der Waals surface area contributed by atoms with Gasteiger partial charge in [-0.25, -0.2) is 9.37 Å². The summed E-state index contributed by atoms with van der Waals surface area (Å²) in [6.45, 7) is 1.81. The molecule has 2 aromatic carbocycles. The fraction of sp³-hybridized carbons (Fsp3) is 0.200. The van der Waals surface area contributed by atoms with Gasteiger partial charge in [-0.15, -0.1) is 0 Å². The van der Waals surface area contributed by atoms with Gasteiger partial charge in [-0.3, -0.25) is 4.79 Å². The number of imidazole rings is 1. The number of benzene rings is 2. The molecule has 0 aliphatic carbocycles. The second-order valence-corrected chi connectivity index (χ2v) is 6.06. The Morgan fingerprint density at radius 3 is 2.77 bits per heavy atom. The van der Waals surface area contributed by atoms with Gasteiger partial charge in [0.25, 0.3) is 5.91 Å². The van der Waals surface area contributed by atoms with Crippen LogP contribution in [0.3, 0.4) is 0 Å². The molecule has 1 aromatic heterocycles. The van der Waals surface area contributed by atoms with Gasteiger partial charge in [-0.2, -0.15) is 0 Å². The number of ether oxygens (including phenoxy) is 1. The monoisotopic (exact) mass is 353 g/mol.